The van der Waals surface area contributed by atoms with Crippen molar-refractivity contribution in [3.05, 3.63) is 42.5 Å². The third kappa shape index (κ3) is 4.72. The van der Waals surface area contributed by atoms with Crippen LogP contribution >= 0.6 is 0 Å². The zero-order chi connectivity index (χ0) is 20.1. The van der Waals surface area contributed by atoms with Gasteiger partial charge in [0.05, 0.1) is 14.2 Å². The highest BCUT2D eigenvalue weighted by atomic mass is 16.7. The quantitative estimate of drug-likeness (QED) is 0.658. The number of hydrogen-bond donors (Lipinski definition) is 3. The van der Waals surface area contributed by atoms with E-state index < -0.39 is 6.04 Å². The van der Waals surface area contributed by atoms with Crippen LogP contribution in [0.4, 0.5) is 11.4 Å². The topological polar surface area (TPSA) is 90.3 Å². The summed E-state index contributed by atoms with van der Waals surface area (Å²) in [6.45, 7) is 2.10. The number of methoxy groups -OCH3 is 1. The lowest BCUT2D eigenvalue weighted by Crippen LogP contribution is -3.14. The van der Waals surface area contributed by atoms with Crippen LogP contribution < -0.4 is 29.7 Å². The van der Waals surface area contributed by atoms with E-state index in [9.17, 15) is 9.59 Å². The molecule has 2 atom stereocenters. The molecule has 0 aliphatic carbocycles. The van der Waals surface area contributed by atoms with E-state index in [2.05, 4.69) is 10.6 Å². The number of nitrogens with one attached hydrogen (secondary N) is 3. The molecule has 8 nitrogen and oxygen atoms in total. The van der Waals surface area contributed by atoms with Crippen molar-refractivity contribution >= 4 is 23.2 Å². The predicted octanol–water partition coefficient (Wildman–Crippen LogP) is 0.904. The number of carbonyl (C=O) groups excluding carboxylic acids is 2. The normalized spacial score (nSPS) is 14.1. The van der Waals surface area contributed by atoms with Gasteiger partial charge in [0, 0.05) is 23.5 Å². The van der Waals surface area contributed by atoms with Crippen molar-refractivity contribution in [3.63, 3.8) is 0 Å². The highest BCUT2D eigenvalue weighted by Crippen LogP contribution is 2.34. The van der Waals surface area contributed by atoms with Gasteiger partial charge in [-0.05, 0) is 31.2 Å². The van der Waals surface area contributed by atoms with Crippen LogP contribution in [-0.2, 0) is 9.59 Å². The molecule has 0 fully saturated rings. The monoisotopic (exact) mass is 386 g/mol. The van der Waals surface area contributed by atoms with Crippen molar-refractivity contribution in [1.82, 2.24) is 0 Å². The molecular formula is C20H24N3O5+. The molecule has 2 aromatic carbocycles. The number of fused-ring (bicyclic) bond motifs is 1. The average molecular weight is 386 g/mol. The largest absolute Gasteiger partial charge is 0.497 e. The summed E-state index contributed by atoms with van der Waals surface area (Å²) in [5, 5.41) is 5.66. The Kier molecular flexibility index (Phi) is 6.00. The van der Waals surface area contributed by atoms with E-state index in [1.54, 1.807) is 63.5 Å². The van der Waals surface area contributed by atoms with Gasteiger partial charge < -0.3 is 29.7 Å². The van der Waals surface area contributed by atoms with Crippen LogP contribution in [0.5, 0.6) is 17.2 Å². The van der Waals surface area contributed by atoms with Gasteiger partial charge in [-0.15, -0.1) is 0 Å². The summed E-state index contributed by atoms with van der Waals surface area (Å²) in [6.07, 6.45) is 0. The third-order valence-electron chi connectivity index (χ3n) is 4.57. The van der Waals surface area contributed by atoms with Crippen molar-refractivity contribution < 1.29 is 28.7 Å². The number of anilines is 2. The lowest BCUT2D eigenvalue weighted by atomic mass is 10.2. The van der Waals surface area contributed by atoms with Crippen LogP contribution in [-0.4, -0.2) is 45.4 Å². The molecule has 1 aliphatic heterocycles. The van der Waals surface area contributed by atoms with Crippen LogP contribution in [0.3, 0.4) is 0 Å². The number of hydrogen-bond acceptors (Lipinski definition) is 5. The van der Waals surface area contributed by atoms with Gasteiger partial charge in [0.25, 0.3) is 11.8 Å². The highest BCUT2D eigenvalue weighted by molar-refractivity contribution is 5.95. The summed E-state index contributed by atoms with van der Waals surface area (Å²) < 4.78 is 15.7. The number of likely N-dealkylation sites (N-methyl/N-ethyl adjacent to an activating group) is 1. The minimum absolute atomic E-state index is 0.146. The molecule has 0 saturated heterocycles. The molecular weight excluding hydrogens is 362 g/mol. The van der Waals surface area contributed by atoms with Crippen LogP contribution in [0.15, 0.2) is 42.5 Å². The molecule has 148 valence electrons. The molecule has 3 rings (SSSR count). The van der Waals surface area contributed by atoms with E-state index in [1.807, 2.05) is 0 Å². The number of carbonyl (C=O) groups is 2. The predicted molar refractivity (Wildman–Crippen MR) is 104 cm³/mol. The van der Waals surface area contributed by atoms with Crippen LogP contribution in [0, 0.1) is 0 Å². The SMILES string of the molecule is COc1cccc(NC(=O)C[NH+](C)[C@@H](C)C(=O)Nc2ccc3c(c2)OCO3)c1. The maximum atomic E-state index is 12.5. The van der Waals surface area contributed by atoms with E-state index >= 15 is 0 Å². The fourth-order valence-electron chi connectivity index (χ4n) is 2.76. The summed E-state index contributed by atoms with van der Waals surface area (Å²) in [6, 6.07) is 11.9. The van der Waals surface area contributed by atoms with E-state index in [-0.39, 0.29) is 25.2 Å². The zero-order valence-electron chi connectivity index (χ0n) is 16.1. The van der Waals surface area contributed by atoms with Crippen molar-refractivity contribution in [3.8, 4) is 17.2 Å². The molecule has 28 heavy (non-hydrogen) atoms. The molecule has 2 amide bonds. The first-order chi connectivity index (χ1) is 13.5. The molecule has 1 aliphatic rings. The second-order valence-corrected chi connectivity index (χ2v) is 6.58. The minimum atomic E-state index is -0.429. The van der Waals surface area contributed by atoms with Gasteiger partial charge in [0.2, 0.25) is 6.79 Å². The first-order valence-corrected chi connectivity index (χ1v) is 8.93. The Morgan fingerprint density at radius 2 is 1.86 bits per heavy atom. The lowest BCUT2D eigenvalue weighted by molar-refractivity contribution is -0.885. The molecule has 0 spiro atoms. The van der Waals surface area contributed by atoms with Gasteiger partial charge in [-0.2, -0.15) is 0 Å². The Labute approximate surface area is 163 Å². The fourth-order valence-corrected chi connectivity index (χ4v) is 2.76. The van der Waals surface area contributed by atoms with Gasteiger partial charge in [0.15, 0.2) is 24.1 Å². The maximum absolute atomic E-state index is 12.5. The molecule has 8 heteroatoms. The van der Waals surface area contributed by atoms with Crippen molar-refractivity contribution in [2.45, 2.75) is 13.0 Å². The number of benzene rings is 2. The van der Waals surface area contributed by atoms with Crippen molar-refractivity contribution in [2.24, 2.45) is 0 Å². The van der Waals surface area contributed by atoms with Crippen molar-refractivity contribution in [2.75, 3.05) is 38.1 Å². The third-order valence-corrected chi connectivity index (χ3v) is 4.57. The Morgan fingerprint density at radius 1 is 1.11 bits per heavy atom. The van der Waals surface area contributed by atoms with Crippen LogP contribution in [0.1, 0.15) is 6.92 Å². The summed E-state index contributed by atoms with van der Waals surface area (Å²) in [4.78, 5) is 25.6. The highest BCUT2D eigenvalue weighted by Gasteiger charge is 2.24. The van der Waals surface area contributed by atoms with Gasteiger partial charge in [0.1, 0.15) is 5.75 Å². The molecule has 1 unspecified atom stereocenters. The molecule has 0 saturated carbocycles. The molecule has 1 heterocycles. The van der Waals surface area contributed by atoms with Crippen molar-refractivity contribution in [1.29, 1.82) is 0 Å². The molecule has 0 radical (unpaired) electrons. The summed E-state index contributed by atoms with van der Waals surface area (Å²) in [7, 11) is 3.37. The Bertz CT molecular complexity index is 871. The van der Waals surface area contributed by atoms with E-state index in [1.165, 1.54) is 0 Å². The molecule has 0 bridgehead atoms. The van der Waals surface area contributed by atoms with Crippen LogP contribution in [0.2, 0.25) is 0 Å². The smallest absolute Gasteiger partial charge is 0.282 e. The van der Waals surface area contributed by atoms with E-state index in [4.69, 9.17) is 14.2 Å². The molecule has 2 aromatic rings. The molecule has 0 aromatic heterocycles. The number of quaternary nitrogens is 1. The summed E-state index contributed by atoms with van der Waals surface area (Å²) >= 11 is 0. The van der Waals surface area contributed by atoms with Gasteiger partial charge in [-0.25, -0.2) is 0 Å². The van der Waals surface area contributed by atoms with Crippen LogP contribution in [0.25, 0.3) is 0 Å². The Hall–Kier alpha value is -3.26. The average Bonchev–Trinajstić information content (AvgIpc) is 3.15. The van der Waals surface area contributed by atoms with E-state index in [0.717, 1.165) is 4.90 Å². The lowest BCUT2D eigenvalue weighted by Gasteiger charge is -2.20. The summed E-state index contributed by atoms with van der Waals surface area (Å²) in [5.74, 6) is 1.54. The first-order valence-electron chi connectivity index (χ1n) is 8.93. The van der Waals surface area contributed by atoms with Gasteiger partial charge >= 0.3 is 0 Å². The number of ether oxygens (including phenoxy) is 3. The fraction of sp³-hybridized carbons (Fsp3) is 0.300. The Morgan fingerprint density at radius 3 is 2.64 bits per heavy atom. The van der Waals surface area contributed by atoms with Gasteiger partial charge in [-0.1, -0.05) is 6.07 Å². The Balaban J connectivity index is 1.53. The second kappa shape index (κ2) is 8.62. The van der Waals surface area contributed by atoms with Gasteiger partial charge in [-0.3, -0.25) is 9.59 Å². The molecule has 3 N–H and O–H groups in total. The number of rotatable bonds is 7. The number of amides is 2. The standard InChI is InChI=1S/C20H23N3O5/c1-13(20(25)22-15-7-8-17-18(10-15)28-12-27-17)23(2)11-19(24)21-14-5-4-6-16(9-14)26-3/h4-10,13H,11-12H2,1-3H3,(H,21,24)(H,22,25)/p+1/t13-/m0/s1. The minimum Gasteiger partial charge on any atom is -0.497 e. The maximum Gasteiger partial charge on any atom is 0.282 e. The zero-order valence-corrected chi connectivity index (χ0v) is 16.1. The summed E-state index contributed by atoms with van der Waals surface area (Å²) in [5.41, 5.74) is 1.27. The second-order valence-electron chi connectivity index (χ2n) is 6.58. The van der Waals surface area contributed by atoms with E-state index in [0.29, 0.717) is 28.6 Å². The first kappa shape index (κ1) is 19.5.